The van der Waals surface area contributed by atoms with Crippen molar-refractivity contribution in [2.24, 2.45) is 11.8 Å². The average Bonchev–Trinajstić information content (AvgIpc) is 4.07. The fourth-order valence-corrected chi connectivity index (χ4v) is 8.14. The first kappa shape index (κ1) is 39.1. The highest BCUT2D eigenvalue weighted by atomic mass is 16.5. The molecular formula is C42H51N9O6. The molecular weight excluding hydrogens is 727 g/mol. The van der Waals surface area contributed by atoms with Crippen LogP contribution >= 0.6 is 0 Å². The third-order valence-electron chi connectivity index (χ3n) is 11.2. The van der Waals surface area contributed by atoms with Crippen molar-refractivity contribution in [1.82, 2.24) is 45.4 Å². The van der Waals surface area contributed by atoms with E-state index in [4.69, 9.17) is 19.4 Å². The van der Waals surface area contributed by atoms with Crippen molar-refractivity contribution in [2.75, 3.05) is 27.3 Å². The molecule has 3 aromatic heterocycles. The molecule has 15 heteroatoms. The van der Waals surface area contributed by atoms with Gasteiger partial charge in [0.25, 0.3) is 0 Å². The number of alkyl carbamates (subject to hydrolysis) is 2. The molecule has 2 aliphatic heterocycles. The van der Waals surface area contributed by atoms with Crippen LogP contribution in [0.25, 0.3) is 44.5 Å². The number of aromatic nitrogens is 5. The van der Waals surface area contributed by atoms with Crippen molar-refractivity contribution in [1.29, 1.82) is 0 Å². The first-order chi connectivity index (χ1) is 27.5. The Bertz CT molecular complexity index is 2240. The molecule has 5 aromatic rings. The van der Waals surface area contributed by atoms with E-state index < -0.39 is 24.3 Å². The maximum atomic E-state index is 13.7. The van der Waals surface area contributed by atoms with Gasteiger partial charge in [0.2, 0.25) is 11.8 Å². The largest absolute Gasteiger partial charge is 0.453 e. The zero-order valence-corrected chi connectivity index (χ0v) is 33.2. The molecule has 5 heterocycles. The lowest BCUT2D eigenvalue weighted by atomic mass is 9.97. The SMILES string of the molecule is COC(=O)N[C@H](C(=O)N1CCC[C@H]1c1ncc(-c2ccc(-c3ccc(-c4cnc([C@@H]5CCCN5C(=O)[C@@H](NC(=O)OC)C(C)C)[nH]4)c4cc[nH]c34)cc2)[nH]1)C(C)C. The quantitative estimate of drug-likeness (QED) is 0.0979. The van der Waals surface area contributed by atoms with E-state index in [1.54, 1.807) is 6.20 Å². The minimum atomic E-state index is -0.701. The molecule has 0 spiro atoms. The Balaban J connectivity index is 1.07. The highest BCUT2D eigenvalue weighted by Crippen LogP contribution is 2.38. The lowest BCUT2D eigenvalue weighted by molar-refractivity contribution is -0.136. The van der Waals surface area contributed by atoms with Gasteiger partial charge in [-0.25, -0.2) is 19.6 Å². The van der Waals surface area contributed by atoms with Crippen LogP contribution in [0.1, 0.15) is 77.1 Å². The Morgan fingerprint density at radius 3 is 1.70 bits per heavy atom. The van der Waals surface area contributed by atoms with Gasteiger partial charge in [0, 0.05) is 35.8 Å². The standard InChI is InChI=1S/C42H51N9O6/c1-23(2)34(48-41(54)56-5)39(52)50-19-7-9-32(50)37-44-21-30(46-37)26-13-11-25(12-14-26)27-15-16-28(29-17-18-43-36(27)29)31-22-45-38(47-31)33-10-8-20-51(33)40(53)35(24(3)4)49-42(55)57-6/h11-18,21-24,32-35,43H,7-10,19-20H2,1-6H3,(H,44,46)(H,45,47)(H,48,54)(H,49,55)/t32-,33-,34-,35-/m0/s1. The van der Waals surface area contributed by atoms with Crippen LogP contribution in [0, 0.1) is 11.8 Å². The number of aromatic amines is 3. The molecule has 0 unspecified atom stereocenters. The molecule has 4 amide bonds. The normalized spacial score (nSPS) is 18.0. The second-order valence-electron chi connectivity index (χ2n) is 15.5. The van der Waals surface area contributed by atoms with E-state index in [0.29, 0.717) is 24.7 Å². The maximum Gasteiger partial charge on any atom is 0.407 e. The number of nitrogens with zero attached hydrogens (tertiary/aromatic N) is 4. The number of hydrogen-bond donors (Lipinski definition) is 5. The summed E-state index contributed by atoms with van der Waals surface area (Å²) in [7, 11) is 2.58. The van der Waals surface area contributed by atoms with E-state index in [9.17, 15) is 19.2 Å². The van der Waals surface area contributed by atoms with Crippen molar-refractivity contribution in [3.8, 4) is 33.6 Å². The molecule has 0 radical (unpaired) electrons. The van der Waals surface area contributed by atoms with Crippen molar-refractivity contribution in [3.63, 3.8) is 0 Å². The fraction of sp³-hybridized carbons (Fsp3) is 0.429. The highest BCUT2D eigenvalue weighted by molar-refractivity contribution is 6.02. The monoisotopic (exact) mass is 777 g/mol. The summed E-state index contributed by atoms with van der Waals surface area (Å²) >= 11 is 0. The van der Waals surface area contributed by atoms with Crippen molar-refractivity contribution >= 4 is 34.9 Å². The second-order valence-corrected chi connectivity index (χ2v) is 15.5. The molecule has 15 nitrogen and oxygen atoms in total. The Kier molecular flexibility index (Phi) is 11.4. The summed E-state index contributed by atoms with van der Waals surface area (Å²) in [6.45, 7) is 8.77. The Morgan fingerprint density at radius 2 is 1.18 bits per heavy atom. The van der Waals surface area contributed by atoms with Gasteiger partial charge in [-0.15, -0.1) is 0 Å². The smallest absolute Gasteiger partial charge is 0.407 e. The van der Waals surface area contributed by atoms with Gasteiger partial charge in [0.15, 0.2) is 0 Å². The number of nitrogens with one attached hydrogen (secondary N) is 5. The van der Waals surface area contributed by atoms with Gasteiger partial charge in [-0.1, -0.05) is 64.1 Å². The molecule has 2 saturated heterocycles. The van der Waals surface area contributed by atoms with E-state index in [2.05, 4.69) is 68.1 Å². The van der Waals surface area contributed by atoms with Gasteiger partial charge in [-0.05, 0) is 54.7 Å². The molecule has 2 aliphatic rings. The fourth-order valence-electron chi connectivity index (χ4n) is 8.14. The molecule has 0 aliphatic carbocycles. The number of carbonyl (C=O) groups is 4. The molecule has 0 bridgehead atoms. The number of ether oxygens (including phenoxy) is 2. The summed E-state index contributed by atoms with van der Waals surface area (Å²) in [5.41, 5.74) is 6.71. The number of H-pyrrole nitrogens is 3. The molecule has 5 N–H and O–H groups in total. The van der Waals surface area contributed by atoms with Crippen molar-refractivity contribution < 1.29 is 28.7 Å². The molecule has 2 fully saturated rings. The van der Waals surface area contributed by atoms with Crippen molar-refractivity contribution in [2.45, 2.75) is 77.5 Å². The van der Waals surface area contributed by atoms with Crippen molar-refractivity contribution in [3.05, 3.63) is 72.7 Å². The van der Waals surface area contributed by atoms with Gasteiger partial charge >= 0.3 is 12.2 Å². The summed E-state index contributed by atoms with van der Waals surface area (Å²) in [4.78, 5) is 74.7. The number of hydrogen-bond acceptors (Lipinski definition) is 8. The minimum Gasteiger partial charge on any atom is -0.453 e. The Morgan fingerprint density at radius 1 is 0.684 bits per heavy atom. The first-order valence-electron chi connectivity index (χ1n) is 19.6. The first-order valence-corrected chi connectivity index (χ1v) is 19.6. The number of likely N-dealkylation sites (tertiary alicyclic amines) is 2. The van der Waals surface area contributed by atoms with Gasteiger partial charge in [-0.3, -0.25) is 9.59 Å². The average molecular weight is 778 g/mol. The number of methoxy groups -OCH3 is 2. The predicted molar refractivity (Wildman–Crippen MR) is 215 cm³/mol. The van der Waals surface area contributed by atoms with E-state index in [1.807, 2.05) is 49.9 Å². The topological polar surface area (TPSA) is 190 Å². The molecule has 7 rings (SSSR count). The molecule has 300 valence electrons. The van der Waals surface area contributed by atoms with Crippen LogP contribution in [-0.4, -0.2) is 98.1 Å². The third kappa shape index (κ3) is 7.83. The van der Waals surface area contributed by atoms with Crippen LogP contribution < -0.4 is 10.6 Å². The van der Waals surface area contributed by atoms with Gasteiger partial charge < -0.3 is 44.9 Å². The van der Waals surface area contributed by atoms with E-state index in [1.165, 1.54) is 14.2 Å². The van der Waals surface area contributed by atoms with Crippen LogP contribution in [-0.2, 0) is 19.1 Å². The van der Waals surface area contributed by atoms with Crippen LogP contribution in [0.5, 0.6) is 0 Å². The van der Waals surface area contributed by atoms with Gasteiger partial charge in [0.05, 0.1) is 55.6 Å². The zero-order chi connectivity index (χ0) is 40.4. The Hall–Kier alpha value is -6.12. The number of carbonyl (C=O) groups excluding carboxylic acids is 4. The molecule has 57 heavy (non-hydrogen) atoms. The van der Waals surface area contributed by atoms with Crippen LogP contribution in [0.15, 0.2) is 61.1 Å². The Labute approximate surface area is 331 Å². The summed E-state index contributed by atoms with van der Waals surface area (Å²) in [5.74, 6) is 0.909. The molecule has 2 aromatic carbocycles. The second kappa shape index (κ2) is 16.5. The van der Waals surface area contributed by atoms with Gasteiger partial charge in [-0.2, -0.15) is 0 Å². The number of rotatable bonds is 11. The van der Waals surface area contributed by atoms with Gasteiger partial charge in [0.1, 0.15) is 23.7 Å². The third-order valence-corrected chi connectivity index (χ3v) is 11.2. The van der Waals surface area contributed by atoms with E-state index in [0.717, 1.165) is 70.2 Å². The lowest BCUT2D eigenvalue weighted by Crippen LogP contribution is -2.51. The number of benzene rings is 2. The van der Waals surface area contributed by atoms with Crippen LogP contribution in [0.4, 0.5) is 9.59 Å². The lowest BCUT2D eigenvalue weighted by Gasteiger charge is -2.30. The van der Waals surface area contributed by atoms with E-state index >= 15 is 0 Å². The summed E-state index contributed by atoms with van der Waals surface area (Å²) in [5, 5.41) is 6.44. The minimum absolute atomic E-state index is 0.111. The summed E-state index contributed by atoms with van der Waals surface area (Å²) in [6.07, 6.45) is 7.52. The van der Waals surface area contributed by atoms with E-state index in [-0.39, 0.29) is 35.7 Å². The highest BCUT2D eigenvalue weighted by Gasteiger charge is 2.39. The number of fused-ring (bicyclic) bond motifs is 1. The maximum absolute atomic E-state index is 13.7. The number of amides is 4. The zero-order valence-electron chi connectivity index (χ0n) is 33.2. The molecule has 0 saturated carbocycles. The molecule has 4 atom stereocenters. The van der Waals surface area contributed by atoms with Crippen LogP contribution in [0.2, 0.25) is 0 Å². The predicted octanol–water partition coefficient (Wildman–Crippen LogP) is 6.70. The van der Waals surface area contributed by atoms with Crippen LogP contribution in [0.3, 0.4) is 0 Å². The summed E-state index contributed by atoms with van der Waals surface area (Å²) in [6, 6.07) is 12.7. The summed E-state index contributed by atoms with van der Waals surface area (Å²) < 4.78 is 9.54. The number of imidazole rings is 2.